The molecular weight excluding hydrogens is 346 g/mol. The van der Waals surface area contributed by atoms with Crippen LogP contribution >= 0.6 is 0 Å². The average Bonchev–Trinajstić information content (AvgIpc) is 3.07. The van der Waals surface area contributed by atoms with E-state index in [9.17, 15) is 5.21 Å². The van der Waals surface area contributed by atoms with Crippen molar-refractivity contribution in [3.63, 3.8) is 0 Å². The summed E-state index contributed by atoms with van der Waals surface area (Å²) in [5, 5.41) is 13.6. The van der Waals surface area contributed by atoms with Gasteiger partial charge in [0.1, 0.15) is 5.82 Å². The highest BCUT2D eigenvalue weighted by Crippen LogP contribution is 2.26. The summed E-state index contributed by atoms with van der Waals surface area (Å²) in [6.45, 7) is 2.00. The summed E-state index contributed by atoms with van der Waals surface area (Å²) in [7, 11) is 0. The van der Waals surface area contributed by atoms with E-state index in [1.807, 2.05) is 90.4 Å². The van der Waals surface area contributed by atoms with Crippen LogP contribution in [0.2, 0.25) is 0 Å². The lowest BCUT2D eigenvalue weighted by molar-refractivity contribution is 0.317. The molecule has 4 heteroatoms. The van der Waals surface area contributed by atoms with Crippen molar-refractivity contribution < 1.29 is 5.21 Å². The summed E-state index contributed by atoms with van der Waals surface area (Å²) >= 11 is 0. The Bertz CT molecular complexity index is 1080. The number of imidazole rings is 1. The fourth-order valence-electron chi connectivity index (χ4n) is 3.39. The van der Waals surface area contributed by atoms with Crippen molar-refractivity contribution in [2.24, 2.45) is 5.16 Å². The van der Waals surface area contributed by atoms with Crippen LogP contribution in [0.1, 0.15) is 22.5 Å². The van der Waals surface area contributed by atoms with Crippen molar-refractivity contribution in [1.29, 1.82) is 0 Å². The highest BCUT2D eigenvalue weighted by atomic mass is 16.4. The van der Waals surface area contributed by atoms with E-state index in [1.54, 1.807) is 0 Å². The zero-order valence-electron chi connectivity index (χ0n) is 15.7. The number of aryl methyl sites for hydroxylation is 1. The molecule has 0 atom stereocenters. The molecule has 28 heavy (non-hydrogen) atoms. The summed E-state index contributed by atoms with van der Waals surface area (Å²) in [6, 6.07) is 29.9. The zero-order chi connectivity index (χ0) is 19.3. The Hall–Kier alpha value is -3.66. The quantitative estimate of drug-likeness (QED) is 0.235. The van der Waals surface area contributed by atoms with Gasteiger partial charge in [-0.15, -0.1) is 0 Å². The smallest absolute Gasteiger partial charge is 0.185 e. The third-order valence-electron chi connectivity index (χ3n) is 4.76. The van der Waals surface area contributed by atoms with E-state index in [0.29, 0.717) is 12.3 Å². The number of oxime groups is 1. The molecule has 0 saturated carbocycles. The molecule has 0 fully saturated rings. The molecule has 4 rings (SSSR count). The van der Waals surface area contributed by atoms with E-state index < -0.39 is 0 Å². The van der Waals surface area contributed by atoms with Crippen LogP contribution in [0.25, 0.3) is 11.4 Å². The van der Waals surface area contributed by atoms with Crippen molar-refractivity contribution in [2.75, 3.05) is 0 Å². The number of aromatic nitrogens is 2. The highest BCUT2D eigenvalue weighted by molar-refractivity contribution is 6.02. The maximum atomic E-state index is 9.94. The van der Waals surface area contributed by atoms with Crippen LogP contribution in [0, 0.1) is 6.92 Å². The normalized spacial score (nSPS) is 11.5. The molecule has 4 nitrogen and oxygen atoms in total. The molecule has 1 heterocycles. The molecule has 0 radical (unpaired) electrons. The second kappa shape index (κ2) is 7.92. The first-order valence-electron chi connectivity index (χ1n) is 9.23. The molecule has 0 spiro atoms. The van der Waals surface area contributed by atoms with Gasteiger partial charge in [-0.05, 0) is 12.5 Å². The zero-order valence-corrected chi connectivity index (χ0v) is 15.7. The summed E-state index contributed by atoms with van der Waals surface area (Å²) in [6.07, 6.45) is 0.693. The molecule has 0 unspecified atom stereocenters. The van der Waals surface area contributed by atoms with Crippen LogP contribution in [-0.4, -0.2) is 20.6 Å². The van der Waals surface area contributed by atoms with Gasteiger partial charge in [0.2, 0.25) is 0 Å². The van der Waals surface area contributed by atoms with E-state index in [-0.39, 0.29) is 0 Å². The number of rotatable bonds is 4. The number of nitrogens with zero attached hydrogens (tertiary/aromatic N) is 3. The van der Waals surface area contributed by atoms with Crippen molar-refractivity contribution >= 4 is 5.84 Å². The first-order chi connectivity index (χ1) is 13.8. The van der Waals surface area contributed by atoms with Gasteiger partial charge in [-0.3, -0.25) is 4.57 Å². The Labute approximate surface area is 164 Å². The van der Waals surface area contributed by atoms with Gasteiger partial charge in [-0.2, -0.15) is 0 Å². The number of hydrogen-bond donors (Lipinski definition) is 1. The molecule has 0 amide bonds. The third-order valence-corrected chi connectivity index (χ3v) is 4.76. The predicted molar refractivity (Wildman–Crippen MR) is 112 cm³/mol. The molecule has 0 bridgehead atoms. The molecule has 0 aliphatic carbocycles. The van der Waals surface area contributed by atoms with E-state index in [1.165, 1.54) is 5.56 Å². The predicted octanol–water partition coefficient (Wildman–Crippen LogP) is 5.13. The maximum Gasteiger partial charge on any atom is 0.185 e. The Morgan fingerprint density at radius 1 is 0.857 bits per heavy atom. The fourth-order valence-corrected chi connectivity index (χ4v) is 3.39. The van der Waals surface area contributed by atoms with Gasteiger partial charge in [-0.1, -0.05) is 96.2 Å². The third kappa shape index (κ3) is 3.45. The summed E-state index contributed by atoms with van der Waals surface area (Å²) in [5.74, 6) is 1.23. The standard InChI is InChI=1S/C24H21N3O/c1-18-22(17-19-11-5-2-6-12-19)27(23(25-18)20-13-7-3-8-14-20)24(26-28)21-15-9-4-10-16-21/h2-16,28H,17H2,1H3/b26-24-. The van der Waals surface area contributed by atoms with Crippen molar-refractivity contribution in [3.8, 4) is 11.4 Å². The van der Waals surface area contributed by atoms with Crippen LogP contribution in [0.4, 0.5) is 0 Å². The first-order valence-corrected chi connectivity index (χ1v) is 9.23. The van der Waals surface area contributed by atoms with Gasteiger partial charge < -0.3 is 5.21 Å². The highest BCUT2D eigenvalue weighted by Gasteiger charge is 2.21. The van der Waals surface area contributed by atoms with Gasteiger partial charge in [-0.25, -0.2) is 4.98 Å². The Morgan fingerprint density at radius 3 is 2.04 bits per heavy atom. The van der Waals surface area contributed by atoms with Crippen LogP contribution in [0.3, 0.4) is 0 Å². The van der Waals surface area contributed by atoms with Gasteiger partial charge in [0.25, 0.3) is 0 Å². The Kier molecular flexibility index (Phi) is 5.02. The van der Waals surface area contributed by atoms with Gasteiger partial charge in [0.05, 0.1) is 11.4 Å². The van der Waals surface area contributed by atoms with Crippen molar-refractivity contribution in [3.05, 3.63) is 114 Å². The Balaban J connectivity index is 1.93. The van der Waals surface area contributed by atoms with Gasteiger partial charge in [0.15, 0.2) is 5.84 Å². The minimum Gasteiger partial charge on any atom is -0.409 e. The van der Waals surface area contributed by atoms with Crippen molar-refractivity contribution in [1.82, 2.24) is 9.55 Å². The van der Waals surface area contributed by atoms with Crippen LogP contribution in [-0.2, 0) is 6.42 Å². The molecule has 138 valence electrons. The second-order valence-electron chi connectivity index (χ2n) is 6.62. The number of benzene rings is 3. The Morgan fingerprint density at radius 2 is 1.43 bits per heavy atom. The monoisotopic (exact) mass is 367 g/mol. The topological polar surface area (TPSA) is 50.4 Å². The van der Waals surface area contributed by atoms with Crippen LogP contribution in [0.15, 0.2) is 96.2 Å². The van der Waals surface area contributed by atoms with Crippen LogP contribution < -0.4 is 0 Å². The lowest BCUT2D eigenvalue weighted by Crippen LogP contribution is -2.18. The minimum absolute atomic E-state index is 0.464. The summed E-state index contributed by atoms with van der Waals surface area (Å²) in [4.78, 5) is 4.84. The van der Waals surface area contributed by atoms with Crippen molar-refractivity contribution in [2.45, 2.75) is 13.3 Å². The second-order valence-corrected chi connectivity index (χ2v) is 6.62. The van der Waals surface area contributed by atoms with E-state index in [0.717, 1.165) is 28.3 Å². The molecule has 0 aliphatic heterocycles. The van der Waals surface area contributed by atoms with E-state index >= 15 is 0 Å². The molecule has 3 aromatic carbocycles. The molecule has 0 aliphatic rings. The van der Waals surface area contributed by atoms with Gasteiger partial charge in [0, 0.05) is 17.5 Å². The summed E-state index contributed by atoms with van der Waals surface area (Å²) < 4.78 is 1.97. The molecule has 1 N–H and O–H groups in total. The average molecular weight is 367 g/mol. The fraction of sp³-hybridized carbons (Fsp3) is 0.0833. The lowest BCUT2D eigenvalue weighted by Gasteiger charge is -2.14. The van der Waals surface area contributed by atoms with E-state index in [2.05, 4.69) is 17.3 Å². The largest absolute Gasteiger partial charge is 0.409 e. The first kappa shape index (κ1) is 17.7. The molecule has 1 aromatic heterocycles. The lowest BCUT2D eigenvalue weighted by atomic mass is 10.1. The van der Waals surface area contributed by atoms with E-state index in [4.69, 9.17) is 4.98 Å². The molecular formula is C24H21N3O. The number of hydrogen-bond acceptors (Lipinski definition) is 3. The maximum absolute atomic E-state index is 9.94. The van der Waals surface area contributed by atoms with Crippen LogP contribution in [0.5, 0.6) is 0 Å². The molecule has 4 aromatic rings. The minimum atomic E-state index is 0.464. The SMILES string of the molecule is Cc1nc(-c2ccccc2)n(/C(=N\O)c2ccccc2)c1Cc1ccccc1. The van der Waals surface area contributed by atoms with Gasteiger partial charge >= 0.3 is 0 Å². The summed E-state index contributed by atoms with van der Waals surface area (Å²) in [5.41, 5.74) is 4.90. The molecule has 0 saturated heterocycles.